The molecule has 8 nitrogen and oxygen atoms in total. The van der Waals surface area contributed by atoms with Crippen molar-refractivity contribution in [2.45, 2.75) is 33.2 Å². The fourth-order valence-electron chi connectivity index (χ4n) is 4.45. The predicted octanol–water partition coefficient (Wildman–Crippen LogP) is 4.35. The van der Waals surface area contributed by atoms with Gasteiger partial charge in [0.15, 0.2) is 5.06 Å². The predicted molar refractivity (Wildman–Crippen MR) is 135 cm³/mol. The topological polar surface area (TPSA) is 88.2 Å². The Balaban J connectivity index is 1.51. The lowest BCUT2D eigenvalue weighted by Gasteiger charge is -2.29. The molecule has 2 atom stereocenters. The van der Waals surface area contributed by atoms with Crippen molar-refractivity contribution in [3.8, 4) is 5.06 Å². The summed E-state index contributed by atoms with van der Waals surface area (Å²) in [4.78, 5) is 41.6. The van der Waals surface area contributed by atoms with Gasteiger partial charge in [-0.3, -0.25) is 9.59 Å². The maximum Gasteiger partial charge on any atom is 0.413 e. The molecule has 2 unspecified atom stereocenters. The second kappa shape index (κ2) is 10.5. The summed E-state index contributed by atoms with van der Waals surface area (Å²) in [7, 11) is 0. The van der Waals surface area contributed by atoms with Crippen LogP contribution in [-0.4, -0.2) is 50.3 Å². The van der Waals surface area contributed by atoms with E-state index in [-0.39, 0.29) is 30.4 Å². The molecule has 2 aliphatic heterocycles. The van der Waals surface area contributed by atoms with Crippen LogP contribution in [0.15, 0.2) is 34.1 Å². The Bertz CT molecular complexity index is 1090. The Morgan fingerprint density at radius 2 is 2.06 bits per heavy atom. The summed E-state index contributed by atoms with van der Waals surface area (Å²) in [6.45, 7) is 7.50. The normalized spacial score (nSPS) is 20.9. The van der Waals surface area contributed by atoms with E-state index in [0.29, 0.717) is 37.1 Å². The number of anilines is 2. The van der Waals surface area contributed by atoms with E-state index in [0.717, 1.165) is 20.7 Å². The average Bonchev–Trinajstić information content (AvgIpc) is 3.31. The number of nitrogens with zero attached hydrogens (tertiary/aromatic N) is 2. The quantitative estimate of drug-likeness (QED) is 0.578. The largest absolute Gasteiger partial charge is 0.413 e. The maximum absolute atomic E-state index is 13.4. The summed E-state index contributed by atoms with van der Waals surface area (Å²) in [5.41, 5.74) is 2.48. The van der Waals surface area contributed by atoms with E-state index in [2.05, 4.69) is 35.1 Å². The number of carbonyl (C=O) groups is 3. The fourth-order valence-corrected chi connectivity index (χ4v) is 5.64. The van der Waals surface area contributed by atoms with Crippen LogP contribution in [0.3, 0.4) is 0 Å². The zero-order chi connectivity index (χ0) is 24.4. The van der Waals surface area contributed by atoms with E-state index in [1.807, 2.05) is 31.2 Å². The minimum absolute atomic E-state index is 0.0209. The Morgan fingerprint density at radius 3 is 2.71 bits per heavy atom. The Labute approximate surface area is 211 Å². The Kier molecular flexibility index (Phi) is 7.59. The van der Waals surface area contributed by atoms with Gasteiger partial charge in [-0.1, -0.05) is 25.2 Å². The highest BCUT2D eigenvalue weighted by Gasteiger charge is 2.42. The van der Waals surface area contributed by atoms with Gasteiger partial charge in [-0.05, 0) is 71.1 Å². The molecule has 2 aromatic rings. The number of nitrogens with one attached hydrogen (secondary N) is 1. The number of halogens is 1. The van der Waals surface area contributed by atoms with Crippen molar-refractivity contribution in [3.05, 3.63) is 39.7 Å². The summed E-state index contributed by atoms with van der Waals surface area (Å²) >= 11 is 4.67. The minimum Gasteiger partial charge on any atom is -0.399 e. The molecule has 34 heavy (non-hydrogen) atoms. The molecule has 1 N–H and O–H groups in total. The number of hydrogen-bond donors (Lipinski definition) is 1. The van der Waals surface area contributed by atoms with Gasteiger partial charge in [0, 0.05) is 24.5 Å². The number of aryl methyl sites for hydroxylation is 1. The molecule has 0 radical (unpaired) electrons. The standard InChI is InChI=1S/C24H28BrN3O5S/c1-14(2)10-17-18(26-24(31)33-22-7-6-20(25)34-22)12-28(23(17)30)16-4-5-19(15(3)11-16)27-8-9-32-13-21(27)29/h4-7,11,14,17-18H,8-10,12-13H2,1-3H3,(H,26,31). The smallest absolute Gasteiger partial charge is 0.399 e. The molecule has 4 rings (SSSR count). The molecule has 1 aromatic carbocycles. The third-order valence-corrected chi connectivity index (χ3v) is 7.49. The Morgan fingerprint density at radius 1 is 1.26 bits per heavy atom. The van der Waals surface area contributed by atoms with E-state index in [1.165, 1.54) is 11.3 Å². The highest BCUT2D eigenvalue weighted by atomic mass is 79.9. The molecule has 1 aromatic heterocycles. The molecule has 0 bridgehead atoms. The number of amides is 3. The lowest BCUT2D eigenvalue weighted by molar-refractivity contribution is -0.125. The van der Waals surface area contributed by atoms with Gasteiger partial charge in [-0.2, -0.15) is 0 Å². The van der Waals surface area contributed by atoms with Gasteiger partial charge in [-0.25, -0.2) is 4.79 Å². The van der Waals surface area contributed by atoms with Crippen molar-refractivity contribution in [1.29, 1.82) is 0 Å². The van der Waals surface area contributed by atoms with Crippen molar-refractivity contribution in [3.63, 3.8) is 0 Å². The summed E-state index contributed by atoms with van der Waals surface area (Å²) < 4.78 is 11.5. The zero-order valence-corrected chi connectivity index (χ0v) is 21.8. The van der Waals surface area contributed by atoms with Gasteiger partial charge in [0.05, 0.1) is 22.4 Å². The second-order valence-electron chi connectivity index (χ2n) is 8.95. The summed E-state index contributed by atoms with van der Waals surface area (Å²) in [5.74, 6) is -0.147. The maximum atomic E-state index is 13.4. The number of rotatable bonds is 6. The molecule has 10 heteroatoms. The number of thiophene rings is 1. The average molecular weight is 550 g/mol. The highest BCUT2D eigenvalue weighted by molar-refractivity contribution is 9.11. The Hall–Kier alpha value is -2.43. The molecule has 0 spiro atoms. The van der Waals surface area contributed by atoms with E-state index >= 15 is 0 Å². The van der Waals surface area contributed by atoms with Crippen LogP contribution < -0.4 is 19.9 Å². The molecular formula is C24H28BrN3O5S. The van der Waals surface area contributed by atoms with Crippen molar-refractivity contribution in [2.75, 3.05) is 36.1 Å². The molecule has 0 saturated carbocycles. The van der Waals surface area contributed by atoms with Crippen LogP contribution in [0.4, 0.5) is 16.2 Å². The zero-order valence-electron chi connectivity index (χ0n) is 19.4. The molecule has 2 fully saturated rings. The lowest BCUT2D eigenvalue weighted by Crippen LogP contribution is -2.42. The van der Waals surface area contributed by atoms with E-state index < -0.39 is 6.09 Å². The van der Waals surface area contributed by atoms with Crippen molar-refractivity contribution in [2.24, 2.45) is 11.8 Å². The molecular weight excluding hydrogens is 522 g/mol. The van der Waals surface area contributed by atoms with Gasteiger partial charge < -0.3 is 24.6 Å². The molecule has 3 heterocycles. The molecule has 3 amide bonds. The fraction of sp³-hybridized carbons (Fsp3) is 0.458. The van der Waals surface area contributed by atoms with Crippen molar-refractivity contribution >= 4 is 56.5 Å². The van der Waals surface area contributed by atoms with Crippen LogP contribution in [0, 0.1) is 18.8 Å². The van der Waals surface area contributed by atoms with Gasteiger partial charge >= 0.3 is 6.09 Å². The van der Waals surface area contributed by atoms with E-state index in [1.54, 1.807) is 15.9 Å². The van der Waals surface area contributed by atoms with Crippen LogP contribution in [-0.2, 0) is 14.3 Å². The number of morpholine rings is 1. The minimum atomic E-state index is -0.569. The van der Waals surface area contributed by atoms with Crippen molar-refractivity contribution in [1.82, 2.24) is 5.32 Å². The number of hydrogen-bond acceptors (Lipinski definition) is 6. The van der Waals surface area contributed by atoms with Gasteiger partial charge in [0.2, 0.25) is 5.91 Å². The van der Waals surface area contributed by atoms with Gasteiger partial charge in [0.1, 0.15) is 6.61 Å². The molecule has 0 aliphatic carbocycles. The second-order valence-corrected chi connectivity index (χ2v) is 11.4. The summed E-state index contributed by atoms with van der Waals surface area (Å²) in [6.07, 6.45) is 0.0876. The van der Waals surface area contributed by atoms with E-state index in [9.17, 15) is 14.4 Å². The number of benzene rings is 1. The van der Waals surface area contributed by atoms with E-state index in [4.69, 9.17) is 9.47 Å². The van der Waals surface area contributed by atoms with Crippen molar-refractivity contribution < 1.29 is 23.9 Å². The monoisotopic (exact) mass is 549 g/mol. The third kappa shape index (κ3) is 5.45. The molecule has 2 saturated heterocycles. The first-order chi connectivity index (χ1) is 16.2. The van der Waals surface area contributed by atoms with Crippen LogP contribution in [0.5, 0.6) is 5.06 Å². The first-order valence-corrected chi connectivity index (χ1v) is 12.9. The molecule has 2 aliphatic rings. The van der Waals surface area contributed by atoms with Crippen LogP contribution in [0.25, 0.3) is 0 Å². The van der Waals surface area contributed by atoms with Crippen LogP contribution in [0.2, 0.25) is 0 Å². The summed E-state index contributed by atoms with van der Waals surface area (Å²) in [6, 6.07) is 8.82. The first kappa shape index (κ1) is 24.7. The van der Waals surface area contributed by atoms with Crippen LogP contribution >= 0.6 is 27.3 Å². The lowest BCUT2D eigenvalue weighted by atomic mass is 9.92. The third-order valence-electron chi connectivity index (χ3n) is 5.99. The van der Waals surface area contributed by atoms with Crippen LogP contribution in [0.1, 0.15) is 25.8 Å². The van der Waals surface area contributed by atoms with Gasteiger partial charge in [0.25, 0.3) is 5.91 Å². The molecule has 182 valence electrons. The highest BCUT2D eigenvalue weighted by Crippen LogP contribution is 2.33. The number of carbonyl (C=O) groups excluding carboxylic acids is 3. The number of ether oxygens (including phenoxy) is 2. The SMILES string of the molecule is Cc1cc(N2CC(NC(=O)Oc3ccc(Br)s3)C(CC(C)C)C2=O)ccc1N1CCOCC1=O. The summed E-state index contributed by atoms with van der Waals surface area (Å²) in [5, 5.41) is 3.39. The first-order valence-electron chi connectivity index (χ1n) is 11.3. The van der Waals surface area contributed by atoms with Gasteiger partial charge in [-0.15, -0.1) is 0 Å².